The van der Waals surface area contributed by atoms with Crippen LogP contribution >= 0.6 is 0 Å². The van der Waals surface area contributed by atoms with Gasteiger partial charge in [-0.05, 0) is 13.1 Å². The second-order valence-corrected chi connectivity index (χ2v) is 6.74. The Kier molecular flexibility index (Phi) is 7.23. The van der Waals surface area contributed by atoms with Crippen LogP contribution in [-0.4, -0.2) is 49.9 Å². The average molecular weight is 314 g/mol. The van der Waals surface area contributed by atoms with E-state index in [1.807, 2.05) is 0 Å². The first-order chi connectivity index (χ1) is 8.64. The normalized spacial score (nSPS) is 13.3. The Morgan fingerprint density at radius 3 is 2.37 bits per heavy atom. The van der Waals surface area contributed by atoms with Gasteiger partial charge in [0.1, 0.15) is 10.7 Å². The summed E-state index contributed by atoms with van der Waals surface area (Å²) in [6.07, 6.45) is 1.50. The van der Waals surface area contributed by atoms with Crippen LogP contribution in [0.3, 0.4) is 0 Å². The molecule has 10 heteroatoms. The van der Waals surface area contributed by atoms with Crippen molar-refractivity contribution in [2.24, 2.45) is 5.14 Å². The van der Waals surface area contributed by atoms with E-state index in [4.69, 9.17) is 4.74 Å². The molecule has 0 aromatic rings. The van der Waals surface area contributed by atoms with Crippen molar-refractivity contribution >= 4 is 20.1 Å². The predicted octanol–water partition coefficient (Wildman–Crippen LogP) is -1.12. The molecule has 3 N–H and O–H groups in total. The highest BCUT2D eigenvalue weighted by Gasteiger charge is 2.21. The highest BCUT2D eigenvalue weighted by Crippen LogP contribution is 2.16. The Labute approximate surface area is 113 Å². The van der Waals surface area contributed by atoms with Crippen LogP contribution in [0.1, 0.15) is 0 Å². The molecule has 0 amide bonds. The molecule has 0 heterocycles. The average Bonchev–Trinajstić information content (AvgIpc) is 2.27. The summed E-state index contributed by atoms with van der Waals surface area (Å²) in [5.41, 5.74) is 0. The Hall–Kier alpha value is -0.940. The SMILES string of the molecule is C=C(C(=CCNC)OC)S(=O)(=O)CCOS(N)(=O)=O. The zero-order valence-corrected chi connectivity index (χ0v) is 12.4. The highest BCUT2D eigenvalue weighted by molar-refractivity contribution is 7.95. The summed E-state index contributed by atoms with van der Waals surface area (Å²) in [4.78, 5) is -0.247. The van der Waals surface area contributed by atoms with Crippen molar-refractivity contribution in [1.29, 1.82) is 0 Å². The minimum atomic E-state index is -4.16. The van der Waals surface area contributed by atoms with E-state index < -0.39 is 32.5 Å². The Morgan fingerprint density at radius 1 is 1.37 bits per heavy atom. The molecule has 0 saturated carbocycles. The number of sulfone groups is 1. The number of nitrogens with one attached hydrogen (secondary N) is 1. The van der Waals surface area contributed by atoms with E-state index in [1.165, 1.54) is 13.2 Å². The molecular weight excluding hydrogens is 296 g/mol. The molecule has 112 valence electrons. The van der Waals surface area contributed by atoms with Crippen LogP contribution in [0.5, 0.6) is 0 Å². The van der Waals surface area contributed by atoms with Gasteiger partial charge in [0.05, 0.1) is 19.5 Å². The summed E-state index contributed by atoms with van der Waals surface area (Å²) in [5, 5.41) is 7.37. The van der Waals surface area contributed by atoms with Crippen molar-refractivity contribution in [2.75, 3.05) is 33.1 Å². The first-order valence-corrected chi connectivity index (χ1v) is 8.24. The van der Waals surface area contributed by atoms with Gasteiger partial charge >= 0.3 is 10.3 Å². The molecule has 0 saturated heterocycles. The van der Waals surface area contributed by atoms with Crippen LogP contribution in [-0.2, 0) is 29.1 Å². The number of hydrogen-bond donors (Lipinski definition) is 2. The molecule has 0 spiro atoms. The van der Waals surface area contributed by atoms with Gasteiger partial charge in [-0.2, -0.15) is 8.42 Å². The smallest absolute Gasteiger partial charge is 0.333 e. The van der Waals surface area contributed by atoms with Gasteiger partial charge in [-0.3, -0.25) is 4.18 Å². The van der Waals surface area contributed by atoms with Crippen LogP contribution < -0.4 is 10.5 Å². The third-order valence-corrected chi connectivity index (χ3v) is 4.11. The van der Waals surface area contributed by atoms with Crippen molar-refractivity contribution < 1.29 is 25.8 Å². The third-order valence-electron chi connectivity index (χ3n) is 1.96. The molecule has 0 aliphatic heterocycles. The lowest BCUT2D eigenvalue weighted by molar-refractivity contribution is 0.302. The van der Waals surface area contributed by atoms with Crippen LogP contribution in [0.15, 0.2) is 23.3 Å². The third kappa shape index (κ3) is 7.28. The summed E-state index contributed by atoms with van der Waals surface area (Å²) in [7, 11) is -4.96. The minimum absolute atomic E-state index is 0.0879. The van der Waals surface area contributed by atoms with Gasteiger partial charge in [0.2, 0.25) is 0 Å². The molecule has 0 atom stereocenters. The summed E-state index contributed by atoms with van der Waals surface area (Å²) >= 11 is 0. The highest BCUT2D eigenvalue weighted by atomic mass is 32.2. The zero-order valence-electron chi connectivity index (χ0n) is 10.7. The van der Waals surface area contributed by atoms with E-state index in [-0.39, 0.29) is 10.7 Å². The molecule has 0 unspecified atom stereocenters. The quantitative estimate of drug-likeness (QED) is 0.408. The summed E-state index contributed by atoms with van der Waals surface area (Å²) < 4.78 is 53.7. The summed E-state index contributed by atoms with van der Waals surface area (Å²) in [6, 6.07) is 0. The molecule has 0 aliphatic rings. The van der Waals surface area contributed by atoms with E-state index in [0.29, 0.717) is 6.54 Å². The molecular formula is C9H18N2O6S2. The van der Waals surface area contributed by atoms with E-state index >= 15 is 0 Å². The molecule has 0 bridgehead atoms. The van der Waals surface area contributed by atoms with Crippen LogP contribution in [0.2, 0.25) is 0 Å². The van der Waals surface area contributed by atoms with Gasteiger partial charge < -0.3 is 10.1 Å². The zero-order chi connectivity index (χ0) is 15.1. The summed E-state index contributed by atoms with van der Waals surface area (Å²) in [5.74, 6) is -0.479. The standard InChI is InChI=1S/C9H18N2O6S2/c1-8(9(16-3)4-5-11-2)18(12,13)7-6-17-19(10,14)15/h4,11H,1,5-7H2,2-3H3,(H2,10,14,15). The van der Waals surface area contributed by atoms with Crippen molar-refractivity contribution in [1.82, 2.24) is 5.32 Å². The lowest BCUT2D eigenvalue weighted by Crippen LogP contribution is -2.22. The molecule has 0 aliphatic carbocycles. The second-order valence-electron chi connectivity index (χ2n) is 3.39. The maximum atomic E-state index is 11.8. The van der Waals surface area contributed by atoms with Crippen molar-refractivity contribution in [3.05, 3.63) is 23.3 Å². The van der Waals surface area contributed by atoms with Gasteiger partial charge in [0.25, 0.3) is 0 Å². The first-order valence-electron chi connectivity index (χ1n) is 5.12. The van der Waals surface area contributed by atoms with Gasteiger partial charge in [-0.25, -0.2) is 13.6 Å². The van der Waals surface area contributed by atoms with Crippen LogP contribution in [0, 0.1) is 0 Å². The molecule has 0 fully saturated rings. The number of hydrogen-bond acceptors (Lipinski definition) is 7. The second kappa shape index (κ2) is 7.60. The maximum Gasteiger partial charge on any atom is 0.333 e. The molecule has 0 radical (unpaired) electrons. The number of ether oxygens (including phenoxy) is 1. The fourth-order valence-corrected chi connectivity index (χ4v) is 2.49. The molecule has 0 rings (SSSR count). The van der Waals surface area contributed by atoms with Gasteiger partial charge in [-0.15, -0.1) is 0 Å². The van der Waals surface area contributed by atoms with Gasteiger partial charge in [0, 0.05) is 6.54 Å². The fraction of sp³-hybridized carbons (Fsp3) is 0.556. The molecule has 19 heavy (non-hydrogen) atoms. The first kappa shape index (κ1) is 18.1. The Bertz CT molecular complexity index is 535. The number of likely N-dealkylation sites (N-methyl/N-ethyl adjacent to an activating group) is 1. The summed E-state index contributed by atoms with van der Waals surface area (Å²) in [6.45, 7) is 3.23. The van der Waals surface area contributed by atoms with E-state index in [2.05, 4.69) is 21.2 Å². The Morgan fingerprint density at radius 2 is 1.95 bits per heavy atom. The number of methoxy groups -OCH3 is 1. The topological polar surface area (TPSA) is 125 Å². The van der Waals surface area contributed by atoms with E-state index in [9.17, 15) is 16.8 Å². The lowest BCUT2D eigenvalue weighted by Gasteiger charge is -2.10. The van der Waals surface area contributed by atoms with E-state index in [1.54, 1.807) is 7.05 Å². The lowest BCUT2D eigenvalue weighted by atomic mass is 10.4. The maximum absolute atomic E-state index is 11.8. The predicted molar refractivity (Wildman–Crippen MR) is 71.0 cm³/mol. The van der Waals surface area contributed by atoms with Crippen molar-refractivity contribution in [3.63, 3.8) is 0 Å². The number of nitrogens with two attached hydrogens (primary N) is 1. The monoisotopic (exact) mass is 314 g/mol. The molecule has 0 aromatic heterocycles. The van der Waals surface area contributed by atoms with Crippen molar-refractivity contribution in [3.8, 4) is 0 Å². The Balaban J connectivity index is 4.76. The minimum Gasteiger partial charge on any atom is -0.496 e. The number of rotatable bonds is 9. The van der Waals surface area contributed by atoms with E-state index in [0.717, 1.165) is 0 Å². The van der Waals surface area contributed by atoms with Gasteiger partial charge in [0.15, 0.2) is 9.84 Å². The van der Waals surface area contributed by atoms with Gasteiger partial charge in [-0.1, -0.05) is 6.58 Å². The van der Waals surface area contributed by atoms with Crippen LogP contribution in [0.25, 0.3) is 0 Å². The van der Waals surface area contributed by atoms with Crippen molar-refractivity contribution in [2.45, 2.75) is 0 Å². The molecule has 0 aromatic carbocycles. The molecule has 8 nitrogen and oxygen atoms in total. The van der Waals surface area contributed by atoms with Crippen LogP contribution in [0.4, 0.5) is 0 Å². The fourth-order valence-electron chi connectivity index (χ4n) is 1.04. The largest absolute Gasteiger partial charge is 0.496 e.